The molecule has 0 unspecified atom stereocenters. The molecule has 2 N–H and O–H groups in total. The van der Waals surface area contributed by atoms with Crippen LogP contribution < -0.4 is 10.1 Å². The first kappa shape index (κ1) is 11.4. The molecule has 1 rings (SSSR count). The van der Waals surface area contributed by atoms with Crippen molar-refractivity contribution in [1.29, 1.82) is 0 Å². The molecule has 0 aliphatic heterocycles. The maximum Gasteiger partial charge on any atom is 0.223 e. The van der Waals surface area contributed by atoms with E-state index in [1.54, 1.807) is 24.3 Å². The van der Waals surface area contributed by atoms with E-state index >= 15 is 0 Å². The summed E-state index contributed by atoms with van der Waals surface area (Å²) in [5, 5.41) is 12.0. The van der Waals surface area contributed by atoms with Crippen molar-refractivity contribution >= 4 is 5.91 Å². The highest BCUT2D eigenvalue weighted by Crippen LogP contribution is 2.24. The Labute approximate surface area is 88.9 Å². The molecule has 1 aromatic carbocycles. The van der Waals surface area contributed by atoms with Gasteiger partial charge in [0.2, 0.25) is 5.91 Å². The number of phenolic OH excluding ortho intramolecular Hbond substituents is 1. The van der Waals surface area contributed by atoms with Crippen LogP contribution in [0.4, 0.5) is 0 Å². The SMILES string of the molecule is CCNC(=O)CCOc1ccccc1O. The Balaban J connectivity index is 2.32. The molecule has 0 radical (unpaired) electrons. The molecule has 1 aromatic rings. The van der Waals surface area contributed by atoms with Gasteiger partial charge in [0.15, 0.2) is 11.5 Å². The molecule has 0 fully saturated rings. The van der Waals surface area contributed by atoms with Gasteiger partial charge in [0.1, 0.15) is 0 Å². The summed E-state index contributed by atoms with van der Waals surface area (Å²) in [6.07, 6.45) is 0.294. The fourth-order valence-electron chi connectivity index (χ4n) is 1.12. The van der Waals surface area contributed by atoms with Crippen molar-refractivity contribution in [2.75, 3.05) is 13.2 Å². The number of hydrogen-bond acceptors (Lipinski definition) is 3. The van der Waals surface area contributed by atoms with Crippen molar-refractivity contribution in [3.63, 3.8) is 0 Å². The molecular formula is C11H15NO3. The minimum Gasteiger partial charge on any atom is -0.504 e. The molecule has 0 atom stereocenters. The largest absolute Gasteiger partial charge is 0.504 e. The standard InChI is InChI=1S/C11H15NO3/c1-2-12-11(14)7-8-15-10-6-4-3-5-9(10)13/h3-6,13H,2,7-8H2,1H3,(H,12,14). The highest BCUT2D eigenvalue weighted by molar-refractivity contribution is 5.75. The van der Waals surface area contributed by atoms with Crippen molar-refractivity contribution in [2.24, 2.45) is 0 Å². The topological polar surface area (TPSA) is 58.6 Å². The minimum atomic E-state index is -0.0482. The summed E-state index contributed by atoms with van der Waals surface area (Å²) in [4.78, 5) is 11.1. The van der Waals surface area contributed by atoms with E-state index in [4.69, 9.17) is 4.74 Å². The van der Waals surface area contributed by atoms with Crippen LogP contribution in [0.15, 0.2) is 24.3 Å². The first-order valence-electron chi connectivity index (χ1n) is 4.91. The number of nitrogens with one attached hydrogen (secondary N) is 1. The Hall–Kier alpha value is -1.71. The zero-order valence-corrected chi connectivity index (χ0v) is 8.69. The second-order valence-corrected chi connectivity index (χ2v) is 3.02. The van der Waals surface area contributed by atoms with Gasteiger partial charge in [0.05, 0.1) is 13.0 Å². The number of ether oxygens (including phenoxy) is 1. The Morgan fingerprint density at radius 1 is 1.47 bits per heavy atom. The second kappa shape index (κ2) is 5.90. The molecule has 0 aliphatic carbocycles. The molecule has 0 saturated heterocycles. The normalized spacial score (nSPS) is 9.67. The van der Waals surface area contributed by atoms with Crippen LogP contribution >= 0.6 is 0 Å². The molecular weight excluding hydrogens is 194 g/mol. The maximum atomic E-state index is 11.1. The van der Waals surface area contributed by atoms with E-state index in [2.05, 4.69) is 5.32 Å². The number of rotatable bonds is 5. The molecule has 0 saturated carbocycles. The van der Waals surface area contributed by atoms with Gasteiger partial charge in [0.25, 0.3) is 0 Å². The molecule has 0 aliphatic rings. The lowest BCUT2D eigenvalue weighted by Crippen LogP contribution is -2.24. The Morgan fingerprint density at radius 3 is 2.87 bits per heavy atom. The highest BCUT2D eigenvalue weighted by atomic mass is 16.5. The van der Waals surface area contributed by atoms with E-state index < -0.39 is 0 Å². The van der Waals surface area contributed by atoms with Crippen LogP contribution in [0.25, 0.3) is 0 Å². The third-order valence-corrected chi connectivity index (χ3v) is 1.83. The monoisotopic (exact) mass is 209 g/mol. The first-order valence-corrected chi connectivity index (χ1v) is 4.91. The fourth-order valence-corrected chi connectivity index (χ4v) is 1.12. The fraction of sp³-hybridized carbons (Fsp3) is 0.364. The highest BCUT2D eigenvalue weighted by Gasteiger charge is 2.02. The predicted molar refractivity (Wildman–Crippen MR) is 56.9 cm³/mol. The van der Waals surface area contributed by atoms with Gasteiger partial charge < -0.3 is 15.2 Å². The average molecular weight is 209 g/mol. The van der Waals surface area contributed by atoms with Gasteiger partial charge in [-0.1, -0.05) is 12.1 Å². The summed E-state index contributed by atoms with van der Waals surface area (Å²) in [5.41, 5.74) is 0. The molecule has 15 heavy (non-hydrogen) atoms. The van der Waals surface area contributed by atoms with Crippen molar-refractivity contribution in [2.45, 2.75) is 13.3 Å². The number of phenols is 1. The predicted octanol–water partition coefficient (Wildman–Crippen LogP) is 1.30. The average Bonchev–Trinajstić information content (AvgIpc) is 2.21. The Bertz CT molecular complexity index is 325. The van der Waals surface area contributed by atoms with E-state index in [9.17, 15) is 9.90 Å². The lowest BCUT2D eigenvalue weighted by atomic mass is 10.3. The van der Waals surface area contributed by atoms with Gasteiger partial charge in [-0.05, 0) is 19.1 Å². The van der Waals surface area contributed by atoms with Crippen LogP contribution in [-0.4, -0.2) is 24.2 Å². The zero-order chi connectivity index (χ0) is 11.1. The third kappa shape index (κ3) is 3.89. The molecule has 0 aromatic heterocycles. The van der Waals surface area contributed by atoms with E-state index in [1.165, 1.54) is 0 Å². The molecule has 1 amide bonds. The number of aromatic hydroxyl groups is 1. The van der Waals surface area contributed by atoms with Gasteiger partial charge in [0, 0.05) is 6.54 Å². The molecule has 82 valence electrons. The van der Waals surface area contributed by atoms with Gasteiger partial charge in [-0.2, -0.15) is 0 Å². The van der Waals surface area contributed by atoms with E-state index in [1.807, 2.05) is 6.92 Å². The van der Waals surface area contributed by atoms with Gasteiger partial charge in [-0.3, -0.25) is 4.79 Å². The second-order valence-electron chi connectivity index (χ2n) is 3.02. The van der Waals surface area contributed by atoms with E-state index in [0.29, 0.717) is 18.7 Å². The van der Waals surface area contributed by atoms with Crippen molar-refractivity contribution < 1.29 is 14.6 Å². The summed E-state index contributed by atoms with van der Waals surface area (Å²) in [6, 6.07) is 6.68. The lowest BCUT2D eigenvalue weighted by Gasteiger charge is -2.07. The zero-order valence-electron chi connectivity index (χ0n) is 8.69. The Morgan fingerprint density at radius 2 is 2.20 bits per heavy atom. The first-order chi connectivity index (χ1) is 7.24. The van der Waals surface area contributed by atoms with E-state index in [-0.39, 0.29) is 18.3 Å². The number of hydrogen-bond donors (Lipinski definition) is 2. The molecule has 0 spiro atoms. The number of carbonyl (C=O) groups is 1. The van der Waals surface area contributed by atoms with Crippen molar-refractivity contribution in [3.8, 4) is 11.5 Å². The van der Waals surface area contributed by atoms with Gasteiger partial charge in [-0.15, -0.1) is 0 Å². The third-order valence-electron chi connectivity index (χ3n) is 1.83. The number of amides is 1. The Kier molecular flexibility index (Phi) is 4.47. The van der Waals surface area contributed by atoms with Crippen LogP contribution in [0.2, 0.25) is 0 Å². The molecule has 0 bridgehead atoms. The van der Waals surface area contributed by atoms with Gasteiger partial charge >= 0.3 is 0 Å². The van der Waals surface area contributed by atoms with Crippen molar-refractivity contribution in [1.82, 2.24) is 5.32 Å². The number of benzene rings is 1. The van der Waals surface area contributed by atoms with Crippen molar-refractivity contribution in [3.05, 3.63) is 24.3 Å². The molecule has 4 heteroatoms. The van der Waals surface area contributed by atoms with Crippen LogP contribution in [0.3, 0.4) is 0 Å². The van der Waals surface area contributed by atoms with Crippen LogP contribution in [0, 0.1) is 0 Å². The number of carbonyl (C=O) groups excluding carboxylic acids is 1. The minimum absolute atomic E-state index is 0.0482. The van der Waals surface area contributed by atoms with Crippen LogP contribution in [-0.2, 0) is 4.79 Å². The van der Waals surface area contributed by atoms with Gasteiger partial charge in [-0.25, -0.2) is 0 Å². The van der Waals surface area contributed by atoms with E-state index in [0.717, 1.165) is 0 Å². The quantitative estimate of drug-likeness (QED) is 0.768. The van der Waals surface area contributed by atoms with Crippen LogP contribution in [0.1, 0.15) is 13.3 Å². The summed E-state index contributed by atoms with van der Waals surface area (Å²) in [6.45, 7) is 2.75. The molecule has 0 heterocycles. The molecule has 4 nitrogen and oxygen atoms in total. The summed E-state index contributed by atoms with van der Waals surface area (Å²) in [7, 11) is 0. The van der Waals surface area contributed by atoms with Crippen LogP contribution in [0.5, 0.6) is 11.5 Å². The summed E-state index contributed by atoms with van der Waals surface area (Å²) >= 11 is 0. The summed E-state index contributed by atoms with van der Waals surface area (Å²) in [5.74, 6) is 0.447. The maximum absolute atomic E-state index is 11.1. The lowest BCUT2D eigenvalue weighted by molar-refractivity contribution is -0.121. The number of para-hydroxylation sites is 2. The smallest absolute Gasteiger partial charge is 0.223 e. The summed E-state index contributed by atoms with van der Waals surface area (Å²) < 4.78 is 5.24.